The standard InChI is InChI=1S/C22H22N2O3/c1-16-5-2-3-7-21(16)27-18-10-8-17(9-11-18)13-22(25)24-12-4-6-20(24)19-14-26-15-23-19/h2-3,5,7-11,14-15,20H,4,6,12-13H2,1H3. The summed E-state index contributed by atoms with van der Waals surface area (Å²) in [4.78, 5) is 18.9. The van der Waals surface area contributed by atoms with E-state index in [2.05, 4.69) is 4.98 Å². The molecule has 0 N–H and O–H groups in total. The maximum atomic E-state index is 12.8. The van der Waals surface area contributed by atoms with Crippen LogP contribution in [0, 0.1) is 6.92 Å². The van der Waals surface area contributed by atoms with E-state index in [1.165, 1.54) is 6.39 Å². The van der Waals surface area contributed by atoms with Crippen LogP contribution in [-0.2, 0) is 11.2 Å². The van der Waals surface area contributed by atoms with Crippen LogP contribution in [-0.4, -0.2) is 22.3 Å². The van der Waals surface area contributed by atoms with Crippen molar-refractivity contribution in [2.45, 2.75) is 32.2 Å². The van der Waals surface area contributed by atoms with Gasteiger partial charge in [0.15, 0.2) is 6.39 Å². The summed E-state index contributed by atoms with van der Waals surface area (Å²) in [6.07, 6.45) is 5.35. The highest BCUT2D eigenvalue weighted by atomic mass is 16.5. The molecule has 1 fully saturated rings. The molecule has 27 heavy (non-hydrogen) atoms. The van der Waals surface area contributed by atoms with Gasteiger partial charge < -0.3 is 14.1 Å². The smallest absolute Gasteiger partial charge is 0.227 e. The zero-order chi connectivity index (χ0) is 18.6. The van der Waals surface area contributed by atoms with E-state index in [0.29, 0.717) is 6.42 Å². The number of amides is 1. The number of hydrogen-bond acceptors (Lipinski definition) is 4. The lowest BCUT2D eigenvalue weighted by atomic mass is 10.1. The summed E-state index contributed by atoms with van der Waals surface area (Å²) in [5, 5.41) is 0. The van der Waals surface area contributed by atoms with Crippen LogP contribution in [0.5, 0.6) is 11.5 Å². The Kier molecular flexibility index (Phi) is 4.92. The van der Waals surface area contributed by atoms with Crippen molar-refractivity contribution in [2.24, 2.45) is 0 Å². The van der Waals surface area contributed by atoms with Crippen molar-refractivity contribution >= 4 is 5.91 Å². The first-order chi connectivity index (χ1) is 13.2. The SMILES string of the molecule is Cc1ccccc1Oc1ccc(CC(=O)N2CCCC2c2cocn2)cc1. The zero-order valence-electron chi connectivity index (χ0n) is 15.3. The van der Waals surface area contributed by atoms with Crippen LogP contribution in [0.4, 0.5) is 0 Å². The second-order valence-electron chi connectivity index (χ2n) is 6.85. The largest absolute Gasteiger partial charge is 0.457 e. The Morgan fingerprint density at radius 2 is 2.04 bits per heavy atom. The molecule has 1 aromatic heterocycles. The van der Waals surface area contributed by atoms with Crippen LogP contribution in [0.15, 0.2) is 65.6 Å². The van der Waals surface area contributed by atoms with Crippen LogP contribution in [0.25, 0.3) is 0 Å². The van der Waals surface area contributed by atoms with E-state index in [-0.39, 0.29) is 11.9 Å². The average molecular weight is 362 g/mol. The average Bonchev–Trinajstić information content (AvgIpc) is 3.36. The molecule has 3 aromatic rings. The highest BCUT2D eigenvalue weighted by Gasteiger charge is 2.31. The predicted molar refractivity (Wildman–Crippen MR) is 102 cm³/mol. The van der Waals surface area contributed by atoms with Gasteiger partial charge in [-0.25, -0.2) is 4.98 Å². The Labute approximate surface area is 158 Å². The fourth-order valence-corrected chi connectivity index (χ4v) is 3.51. The van der Waals surface area contributed by atoms with Gasteiger partial charge in [0.1, 0.15) is 23.5 Å². The van der Waals surface area contributed by atoms with E-state index < -0.39 is 0 Å². The molecule has 5 heteroatoms. The lowest BCUT2D eigenvalue weighted by Crippen LogP contribution is -2.31. The van der Waals surface area contributed by atoms with Gasteiger partial charge in [0.05, 0.1) is 12.5 Å². The summed E-state index contributed by atoms with van der Waals surface area (Å²) < 4.78 is 11.0. The van der Waals surface area contributed by atoms with Crippen molar-refractivity contribution in [3.05, 3.63) is 78.0 Å². The quantitative estimate of drug-likeness (QED) is 0.661. The van der Waals surface area contributed by atoms with Crippen LogP contribution in [0.2, 0.25) is 0 Å². The van der Waals surface area contributed by atoms with Crippen molar-refractivity contribution in [1.29, 1.82) is 0 Å². The van der Waals surface area contributed by atoms with Crippen molar-refractivity contribution in [3.63, 3.8) is 0 Å². The Morgan fingerprint density at radius 3 is 2.78 bits per heavy atom. The van der Waals surface area contributed by atoms with Crippen LogP contribution >= 0.6 is 0 Å². The fraction of sp³-hybridized carbons (Fsp3) is 0.273. The number of para-hydroxylation sites is 1. The number of carbonyl (C=O) groups excluding carboxylic acids is 1. The third kappa shape index (κ3) is 3.87. The Morgan fingerprint density at radius 1 is 1.22 bits per heavy atom. The minimum Gasteiger partial charge on any atom is -0.457 e. The summed E-state index contributed by atoms with van der Waals surface area (Å²) in [6, 6.07) is 15.7. The van der Waals surface area contributed by atoms with Crippen LogP contribution < -0.4 is 4.74 Å². The molecule has 0 aliphatic carbocycles. The van der Waals surface area contributed by atoms with Gasteiger partial charge in [0, 0.05) is 6.54 Å². The van der Waals surface area contributed by atoms with Crippen LogP contribution in [0.3, 0.4) is 0 Å². The summed E-state index contributed by atoms with van der Waals surface area (Å²) >= 11 is 0. The maximum absolute atomic E-state index is 12.8. The van der Waals surface area contributed by atoms with Gasteiger partial charge in [0.25, 0.3) is 0 Å². The predicted octanol–water partition coefficient (Wildman–Crippen LogP) is 4.68. The van der Waals surface area contributed by atoms with Crippen molar-refractivity contribution in [3.8, 4) is 11.5 Å². The molecule has 1 aliphatic rings. The molecule has 5 nitrogen and oxygen atoms in total. The van der Waals surface area contributed by atoms with Gasteiger partial charge in [0.2, 0.25) is 5.91 Å². The number of nitrogens with zero attached hydrogens (tertiary/aromatic N) is 2. The number of benzene rings is 2. The summed E-state index contributed by atoms with van der Waals surface area (Å²) in [7, 11) is 0. The normalized spacial score (nSPS) is 16.5. The number of aromatic nitrogens is 1. The summed E-state index contributed by atoms with van der Waals surface area (Å²) in [5.74, 6) is 1.73. The van der Waals surface area contributed by atoms with E-state index in [1.54, 1.807) is 6.26 Å². The summed E-state index contributed by atoms with van der Waals surface area (Å²) in [6.45, 7) is 2.79. The van der Waals surface area contributed by atoms with Gasteiger partial charge in [-0.1, -0.05) is 30.3 Å². The maximum Gasteiger partial charge on any atom is 0.227 e. The topological polar surface area (TPSA) is 55.6 Å². The number of rotatable bonds is 5. The molecule has 1 saturated heterocycles. The molecule has 2 heterocycles. The molecule has 0 radical (unpaired) electrons. The number of aryl methyl sites for hydroxylation is 1. The van der Waals surface area contributed by atoms with Gasteiger partial charge in [-0.2, -0.15) is 0 Å². The summed E-state index contributed by atoms with van der Waals surface area (Å²) in [5.41, 5.74) is 2.90. The van der Waals surface area contributed by atoms with Crippen molar-refractivity contribution in [2.75, 3.05) is 6.54 Å². The second-order valence-corrected chi connectivity index (χ2v) is 6.85. The number of oxazole rings is 1. The van der Waals surface area contributed by atoms with Gasteiger partial charge >= 0.3 is 0 Å². The monoisotopic (exact) mass is 362 g/mol. The highest BCUT2D eigenvalue weighted by Crippen LogP contribution is 2.31. The van der Waals surface area contributed by atoms with E-state index in [1.807, 2.05) is 60.4 Å². The molecule has 1 amide bonds. The Balaban J connectivity index is 1.41. The Bertz CT molecular complexity index is 904. The minimum absolute atomic E-state index is 0.0277. The molecule has 1 aliphatic heterocycles. The van der Waals surface area contributed by atoms with Gasteiger partial charge in [-0.15, -0.1) is 0 Å². The molecule has 138 valence electrons. The van der Waals surface area contributed by atoms with E-state index in [4.69, 9.17) is 9.15 Å². The highest BCUT2D eigenvalue weighted by molar-refractivity contribution is 5.79. The molecular weight excluding hydrogens is 340 g/mol. The number of carbonyl (C=O) groups is 1. The Hall–Kier alpha value is -3.08. The lowest BCUT2D eigenvalue weighted by molar-refractivity contribution is -0.131. The molecule has 0 bridgehead atoms. The van der Waals surface area contributed by atoms with Crippen molar-refractivity contribution < 1.29 is 13.9 Å². The third-order valence-corrected chi connectivity index (χ3v) is 4.97. The van der Waals surface area contributed by atoms with E-state index >= 15 is 0 Å². The molecule has 1 atom stereocenters. The number of likely N-dealkylation sites (tertiary alicyclic amines) is 1. The molecule has 0 spiro atoms. The van der Waals surface area contributed by atoms with Crippen LogP contribution in [0.1, 0.15) is 35.7 Å². The molecule has 0 saturated carbocycles. The van der Waals surface area contributed by atoms with Gasteiger partial charge in [-0.3, -0.25) is 4.79 Å². The number of hydrogen-bond donors (Lipinski definition) is 0. The number of ether oxygens (including phenoxy) is 1. The third-order valence-electron chi connectivity index (χ3n) is 4.97. The first-order valence-corrected chi connectivity index (χ1v) is 9.21. The molecule has 2 aromatic carbocycles. The lowest BCUT2D eigenvalue weighted by Gasteiger charge is -2.23. The molecular formula is C22H22N2O3. The van der Waals surface area contributed by atoms with E-state index in [0.717, 1.165) is 47.7 Å². The van der Waals surface area contributed by atoms with Crippen molar-refractivity contribution in [1.82, 2.24) is 9.88 Å². The molecule has 1 unspecified atom stereocenters. The fourth-order valence-electron chi connectivity index (χ4n) is 3.51. The zero-order valence-corrected chi connectivity index (χ0v) is 15.3. The van der Waals surface area contributed by atoms with E-state index in [9.17, 15) is 4.79 Å². The minimum atomic E-state index is 0.0277. The second kappa shape index (κ2) is 7.66. The van der Waals surface area contributed by atoms with Gasteiger partial charge in [-0.05, 0) is 49.1 Å². The first-order valence-electron chi connectivity index (χ1n) is 9.21. The molecule has 4 rings (SSSR count). The first kappa shape index (κ1) is 17.3.